The Bertz CT molecular complexity index is 1010. The summed E-state index contributed by atoms with van der Waals surface area (Å²) in [6.45, 7) is 4.75. The molecular formula is C22H29ClN4O3. The van der Waals surface area contributed by atoms with Gasteiger partial charge in [-0.25, -0.2) is 4.79 Å². The van der Waals surface area contributed by atoms with Crippen molar-refractivity contribution in [2.24, 2.45) is 18.9 Å². The molecular weight excluding hydrogens is 404 g/mol. The Labute approximate surface area is 181 Å². The zero-order valence-corrected chi connectivity index (χ0v) is 18.4. The monoisotopic (exact) mass is 432 g/mol. The molecule has 0 atom stereocenters. The molecule has 2 aromatic rings. The van der Waals surface area contributed by atoms with Crippen LogP contribution in [0.2, 0.25) is 5.02 Å². The molecule has 8 heteroatoms. The molecule has 2 heterocycles. The van der Waals surface area contributed by atoms with Gasteiger partial charge >= 0.3 is 5.69 Å². The van der Waals surface area contributed by atoms with Crippen LogP contribution in [0.4, 0.5) is 0 Å². The second-order valence-electron chi connectivity index (χ2n) is 8.63. The van der Waals surface area contributed by atoms with Crippen molar-refractivity contribution < 1.29 is 9.59 Å². The zero-order valence-electron chi connectivity index (χ0n) is 17.6. The molecule has 2 fully saturated rings. The molecule has 2 aliphatic rings. The lowest BCUT2D eigenvalue weighted by atomic mass is 9.81. The van der Waals surface area contributed by atoms with Gasteiger partial charge in [-0.1, -0.05) is 11.6 Å². The zero-order chi connectivity index (χ0) is 21.4. The van der Waals surface area contributed by atoms with E-state index in [1.165, 1.54) is 0 Å². The second kappa shape index (κ2) is 8.46. The molecule has 2 amide bonds. The first-order valence-electron chi connectivity index (χ1n) is 10.7. The summed E-state index contributed by atoms with van der Waals surface area (Å²) in [5, 5.41) is 0.626. The van der Waals surface area contributed by atoms with Crippen LogP contribution in [0.15, 0.2) is 23.0 Å². The molecule has 1 aromatic heterocycles. The van der Waals surface area contributed by atoms with E-state index in [1.807, 2.05) is 21.6 Å². The highest BCUT2D eigenvalue weighted by Gasteiger charge is 2.32. The van der Waals surface area contributed by atoms with Crippen LogP contribution in [0.3, 0.4) is 0 Å². The first-order valence-corrected chi connectivity index (χ1v) is 11.1. The number of amides is 2. The number of hydrogen-bond donors (Lipinski definition) is 0. The summed E-state index contributed by atoms with van der Waals surface area (Å²) < 4.78 is 3.50. The second-order valence-corrected chi connectivity index (χ2v) is 9.07. The third-order valence-corrected chi connectivity index (χ3v) is 7.02. The van der Waals surface area contributed by atoms with E-state index in [0.717, 1.165) is 36.7 Å². The quantitative estimate of drug-likeness (QED) is 0.748. The van der Waals surface area contributed by atoms with Crippen molar-refractivity contribution in [3.8, 4) is 0 Å². The minimum absolute atomic E-state index is 0.0196. The van der Waals surface area contributed by atoms with E-state index in [-0.39, 0.29) is 23.4 Å². The molecule has 0 radical (unpaired) electrons. The van der Waals surface area contributed by atoms with Crippen molar-refractivity contribution in [1.82, 2.24) is 18.9 Å². The average molecular weight is 433 g/mol. The number of aryl methyl sites for hydroxylation is 1. The van der Waals surface area contributed by atoms with E-state index in [0.29, 0.717) is 43.7 Å². The van der Waals surface area contributed by atoms with Crippen LogP contribution in [0.1, 0.15) is 32.6 Å². The van der Waals surface area contributed by atoms with E-state index in [2.05, 4.69) is 0 Å². The number of benzene rings is 1. The van der Waals surface area contributed by atoms with Gasteiger partial charge in [0.2, 0.25) is 11.8 Å². The topological polar surface area (TPSA) is 67.6 Å². The number of hydrogen-bond acceptors (Lipinski definition) is 3. The minimum Gasteiger partial charge on any atom is -0.339 e. The number of aromatic nitrogens is 2. The predicted octanol–water partition coefficient (Wildman–Crippen LogP) is 2.49. The van der Waals surface area contributed by atoms with Crippen LogP contribution in [0.25, 0.3) is 11.0 Å². The fraction of sp³-hybridized carbons (Fsp3) is 0.591. The Kier molecular flexibility index (Phi) is 5.91. The molecule has 0 unspecified atom stereocenters. The third-order valence-electron chi connectivity index (χ3n) is 6.78. The predicted molar refractivity (Wildman–Crippen MR) is 116 cm³/mol. The lowest BCUT2D eigenvalue weighted by Crippen LogP contribution is -2.51. The highest BCUT2D eigenvalue weighted by molar-refractivity contribution is 6.31. The van der Waals surface area contributed by atoms with Gasteiger partial charge in [0.25, 0.3) is 0 Å². The third kappa shape index (κ3) is 4.00. The first kappa shape index (κ1) is 21.0. The molecule has 4 rings (SSSR count). The number of fused-ring (bicyclic) bond motifs is 1. The lowest BCUT2D eigenvalue weighted by Gasteiger charge is -2.37. The number of halogens is 1. The van der Waals surface area contributed by atoms with Crippen molar-refractivity contribution in [2.45, 2.75) is 39.2 Å². The van der Waals surface area contributed by atoms with Crippen LogP contribution < -0.4 is 5.69 Å². The van der Waals surface area contributed by atoms with Crippen LogP contribution in [-0.2, 0) is 23.2 Å². The maximum Gasteiger partial charge on any atom is 0.328 e. The SMILES string of the molecule is CC(=O)N1CCN(C(=O)C2CCC(Cn3c(=O)n(C)c4ccc(Cl)cc43)CC2)CC1. The van der Waals surface area contributed by atoms with Crippen LogP contribution in [0, 0.1) is 11.8 Å². The number of nitrogens with zero attached hydrogens (tertiary/aromatic N) is 4. The van der Waals surface area contributed by atoms with Crippen LogP contribution in [0.5, 0.6) is 0 Å². The average Bonchev–Trinajstić information content (AvgIpc) is 2.98. The fourth-order valence-corrected chi connectivity index (χ4v) is 5.08. The van der Waals surface area contributed by atoms with Gasteiger partial charge < -0.3 is 9.80 Å². The molecule has 1 saturated carbocycles. The molecule has 162 valence electrons. The smallest absolute Gasteiger partial charge is 0.328 e. The molecule has 30 heavy (non-hydrogen) atoms. The number of carbonyl (C=O) groups is 2. The number of rotatable bonds is 3. The van der Waals surface area contributed by atoms with Crippen molar-refractivity contribution in [3.63, 3.8) is 0 Å². The highest BCUT2D eigenvalue weighted by Crippen LogP contribution is 2.32. The first-order chi connectivity index (χ1) is 14.3. The molecule has 0 bridgehead atoms. The van der Waals surface area contributed by atoms with Crippen molar-refractivity contribution in [3.05, 3.63) is 33.7 Å². The maximum absolute atomic E-state index is 12.9. The number of carbonyl (C=O) groups excluding carboxylic acids is 2. The van der Waals surface area contributed by atoms with Gasteiger partial charge in [-0.05, 0) is 49.8 Å². The Morgan fingerprint density at radius 2 is 1.63 bits per heavy atom. The molecule has 0 spiro atoms. The van der Waals surface area contributed by atoms with Crippen LogP contribution >= 0.6 is 11.6 Å². The van der Waals surface area contributed by atoms with Gasteiger partial charge in [-0.15, -0.1) is 0 Å². The van der Waals surface area contributed by atoms with E-state index in [1.54, 1.807) is 29.5 Å². The highest BCUT2D eigenvalue weighted by atomic mass is 35.5. The van der Waals surface area contributed by atoms with Gasteiger partial charge in [-0.2, -0.15) is 0 Å². The summed E-state index contributed by atoms with van der Waals surface area (Å²) in [4.78, 5) is 40.8. The van der Waals surface area contributed by atoms with Crippen molar-refractivity contribution in [2.75, 3.05) is 26.2 Å². The van der Waals surface area contributed by atoms with Crippen molar-refractivity contribution >= 4 is 34.4 Å². The summed E-state index contributed by atoms with van der Waals surface area (Å²) in [6, 6.07) is 5.55. The van der Waals surface area contributed by atoms with Gasteiger partial charge in [0.15, 0.2) is 0 Å². The summed E-state index contributed by atoms with van der Waals surface area (Å²) in [6.07, 6.45) is 3.59. The van der Waals surface area contributed by atoms with Gasteiger partial charge in [0, 0.05) is 57.6 Å². The summed E-state index contributed by atoms with van der Waals surface area (Å²) in [5.74, 6) is 0.744. The van der Waals surface area contributed by atoms with E-state index >= 15 is 0 Å². The minimum atomic E-state index is -0.0196. The van der Waals surface area contributed by atoms with Gasteiger partial charge in [-0.3, -0.25) is 18.7 Å². The van der Waals surface area contributed by atoms with Crippen molar-refractivity contribution in [1.29, 1.82) is 0 Å². The Balaban J connectivity index is 1.37. The maximum atomic E-state index is 12.9. The summed E-state index contributed by atoms with van der Waals surface area (Å²) in [7, 11) is 1.79. The Morgan fingerprint density at radius 3 is 2.27 bits per heavy atom. The van der Waals surface area contributed by atoms with E-state index in [4.69, 9.17) is 11.6 Å². The standard InChI is InChI=1S/C22H29ClN4O3/c1-15(28)25-9-11-26(12-10-25)21(29)17-5-3-16(4-6-17)14-27-20-13-18(23)7-8-19(20)24(2)22(27)30/h7-8,13,16-17H,3-6,9-12,14H2,1-2H3. The number of piperazine rings is 1. The summed E-state index contributed by atoms with van der Waals surface area (Å²) in [5.41, 5.74) is 1.74. The molecule has 1 aromatic carbocycles. The Hall–Kier alpha value is -2.28. The molecule has 1 aliphatic carbocycles. The fourth-order valence-electron chi connectivity index (χ4n) is 4.91. The Morgan fingerprint density at radius 1 is 1.00 bits per heavy atom. The molecule has 1 saturated heterocycles. The molecule has 7 nitrogen and oxygen atoms in total. The number of imidazole rings is 1. The normalized spacial score (nSPS) is 22.5. The molecule has 0 N–H and O–H groups in total. The van der Waals surface area contributed by atoms with Gasteiger partial charge in [0.05, 0.1) is 11.0 Å². The van der Waals surface area contributed by atoms with Crippen LogP contribution in [-0.4, -0.2) is 56.9 Å². The van der Waals surface area contributed by atoms with Gasteiger partial charge in [0.1, 0.15) is 0 Å². The van der Waals surface area contributed by atoms with E-state index < -0.39 is 0 Å². The lowest BCUT2D eigenvalue weighted by molar-refractivity contribution is -0.142. The summed E-state index contributed by atoms with van der Waals surface area (Å²) >= 11 is 6.16. The molecule has 1 aliphatic heterocycles. The largest absolute Gasteiger partial charge is 0.339 e. The van der Waals surface area contributed by atoms with E-state index in [9.17, 15) is 14.4 Å².